The molecule has 5 nitrogen and oxygen atoms in total. The number of rotatable bonds is 6. The molecule has 0 atom stereocenters. The highest BCUT2D eigenvalue weighted by Crippen LogP contribution is 1.95. The zero-order valence-corrected chi connectivity index (χ0v) is 14.4. The number of benzene rings is 2. The summed E-state index contributed by atoms with van der Waals surface area (Å²) in [5, 5.41) is 4.03. The van der Waals surface area contributed by atoms with Crippen molar-refractivity contribution in [2.45, 2.75) is 6.54 Å². The van der Waals surface area contributed by atoms with Crippen molar-refractivity contribution in [3.8, 4) is 0 Å². The molecule has 0 bridgehead atoms. The molecular formula is C20H26N4O+2. The number of quaternary nitrogens is 2. The van der Waals surface area contributed by atoms with Crippen LogP contribution in [0.4, 0.5) is 0 Å². The maximum atomic E-state index is 12.0. The molecule has 3 N–H and O–H groups in total. The predicted molar refractivity (Wildman–Crippen MR) is 98.6 cm³/mol. The average molecular weight is 338 g/mol. The van der Waals surface area contributed by atoms with Crippen LogP contribution in [0, 0.1) is 0 Å². The summed E-state index contributed by atoms with van der Waals surface area (Å²) in [4.78, 5) is 15.0. The molecule has 0 aromatic heterocycles. The summed E-state index contributed by atoms with van der Waals surface area (Å²) >= 11 is 0. The molecule has 25 heavy (non-hydrogen) atoms. The van der Waals surface area contributed by atoms with E-state index in [9.17, 15) is 4.79 Å². The Labute approximate surface area is 148 Å². The van der Waals surface area contributed by atoms with Crippen molar-refractivity contribution in [3.05, 3.63) is 71.8 Å². The Bertz CT molecular complexity index is 679. The molecule has 5 heteroatoms. The van der Waals surface area contributed by atoms with E-state index in [-0.39, 0.29) is 5.91 Å². The Balaban J connectivity index is 1.37. The van der Waals surface area contributed by atoms with E-state index in [1.54, 1.807) is 11.1 Å². The van der Waals surface area contributed by atoms with Gasteiger partial charge in [0.1, 0.15) is 32.7 Å². The van der Waals surface area contributed by atoms with E-state index in [1.807, 2.05) is 30.3 Å². The summed E-state index contributed by atoms with van der Waals surface area (Å²) < 4.78 is 0. The zero-order valence-electron chi connectivity index (χ0n) is 14.4. The minimum absolute atomic E-state index is 0.0197. The lowest BCUT2D eigenvalue weighted by Gasteiger charge is -2.29. The molecule has 0 unspecified atom stereocenters. The van der Waals surface area contributed by atoms with Crippen LogP contribution in [0.1, 0.15) is 11.1 Å². The molecule has 1 aliphatic rings. The molecular weight excluding hydrogens is 312 g/mol. The fraction of sp³-hybridized carbons (Fsp3) is 0.300. The average Bonchev–Trinajstić information content (AvgIpc) is 2.65. The maximum absolute atomic E-state index is 12.0. The first-order chi connectivity index (χ1) is 12.3. The molecule has 0 radical (unpaired) electrons. The van der Waals surface area contributed by atoms with Crippen LogP contribution in [-0.4, -0.2) is 44.8 Å². The molecule has 1 heterocycles. The van der Waals surface area contributed by atoms with Gasteiger partial charge in [-0.15, -0.1) is 0 Å². The van der Waals surface area contributed by atoms with Crippen molar-refractivity contribution in [2.75, 3.05) is 32.7 Å². The van der Waals surface area contributed by atoms with Crippen molar-refractivity contribution in [3.63, 3.8) is 0 Å². The van der Waals surface area contributed by atoms with Gasteiger partial charge in [-0.05, 0) is 5.56 Å². The second-order valence-corrected chi connectivity index (χ2v) is 6.54. The van der Waals surface area contributed by atoms with Crippen molar-refractivity contribution < 1.29 is 14.6 Å². The van der Waals surface area contributed by atoms with Crippen molar-refractivity contribution in [1.29, 1.82) is 0 Å². The number of hydrazone groups is 1. The lowest BCUT2D eigenvalue weighted by Crippen LogP contribution is -3.28. The molecule has 1 amide bonds. The summed E-state index contributed by atoms with van der Waals surface area (Å²) in [7, 11) is 0. The van der Waals surface area contributed by atoms with E-state index in [4.69, 9.17) is 0 Å². The lowest BCUT2D eigenvalue weighted by atomic mass is 10.2. The lowest BCUT2D eigenvalue weighted by molar-refractivity contribution is -1.02. The third-order valence-electron chi connectivity index (χ3n) is 4.57. The number of hydrogen-bond acceptors (Lipinski definition) is 2. The van der Waals surface area contributed by atoms with Crippen LogP contribution in [0.3, 0.4) is 0 Å². The summed E-state index contributed by atoms with van der Waals surface area (Å²) in [6.45, 7) is 5.82. The smallest absolute Gasteiger partial charge is 0.295 e. The molecule has 1 saturated heterocycles. The second-order valence-electron chi connectivity index (χ2n) is 6.54. The van der Waals surface area contributed by atoms with Crippen LogP contribution in [0.2, 0.25) is 0 Å². The maximum Gasteiger partial charge on any atom is 0.295 e. The van der Waals surface area contributed by atoms with E-state index in [1.165, 1.54) is 10.5 Å². The van der Waals surface area contributed by atoms with Gasteiger partial charge >= 0.3 is 0 Å². The van der Waals surface area contributed by atoms with Gasteiger partial charge in [-0.1, -0.05) is 60.7 Å². The third-order valence-corrected chi connectivity index (χ3v) is 4.57. The van der Waals surface area contributed by atoms with E-state index in [2.05, 4.69) is 40.9 Å². The van der Waals surface area contributed by atoms with Gasteiger partial charge in [0.05, 0.1) is 6.21 Å². The molecule has 3 rings (SSSR count). The number of hydrogen-bond donors (Lipinski definition) is 3. The number of nitrogens with zero attached hydrogens (tertiary/aromatic N) is 1. The minimum atomic E-state index is -0.0197. The molecule has 1 fully saturated rings. The first kappa shape index (κ1) is 17.3. The molecule has 0 spiro atoms. The van der Waals surface area contributed by atoms with Crippen LogP contribution < -0.4 is 15.2 Å². The van der Waals surface area contributed by atoms with Crippen molar-refractivity contribution in [2.24, 2.45) is 5.10 Å². The number of carbonyl (C=O) groups is 1. The molecule has 0 aliphatic carbocycles. The van der Waals surface area contributed by atoms with Crippen LogP contribution in [0.25, 0.3) is 0 Å². The van der Waals surface area contributed by atoms with Gasteiger partial charge in [0.2, 0.25) is 0 Å². The van der Waals surface area contributed by atoms with Crippen LogP contribution in [0.5, 0.6) is 0 Å². The van der Waals surface area contributed by atoms with Crippen LogP contribution in [0.15, 0.2) is 65.8 Å². The molecule has 1 aliphatic heterocycles. The standard InChI is InChI=1S/C20H24N4O/c25-20(22-21-15-18-7-3-1-4-8-18)17-24-13-11-23(12-14-24)16-19-9-5-2-6-10-19/h1-10,15H,11-14,16-17H2,(H,22,25)/p+2. The van der Waals surface area contributed by atoms with Crippen molar-refractivity contribution in [1.82, 2.24) is 5.43 Å². The fourth-order valence-corrected chi connectivity index (χ4v) is 3.18. The first-order valence-electron chi connectivity index (χ1n) is 8.87. The van der Waals surface area contributed by atoms with E-state index >= 15 is 0 Å². The Morgan fingerprint density at radius 1 is 0.920 bits per heavy atom. The van der Waals surface area contributed by atoms with Gasteiger partial charge in [0.25, 0.3) is 5.91 Å². The molecule has 2 aromatic carbocycles. The number of nitrogens with one attached hydrogen (secondary N) is 3. The normalized spacial score (nSPS) is 20.5. The Kier molecular flexibility index (Phi) is 6.31. The number of amides is 1. The zero-order chi connectivity index (χ0) is 17.3. The van der Waals surface area contributed by atoms with Gasteiger partial charge < -0.3 is 9.80 Å². The van der Waals surface area contributed by atoms with E-state index in [0.29, 0.717) is 6.54 Å². The fourth-order valence-electron chi connectivity index (χ4n) is 3.18. The largest absolute Gasteiger partial charge is 0.322 e. The quantitative estimate of drug-likeness (QED) is 0.465. The van der Waals surface area contributed by atoms with Gasteiger partial charge in [-0.2, -0.15) is 5.10 Å². The SMILES string of the molecule is O=C(C[NH+]1CC[NH+](Cc2ccccc2)CC1)NN=Cc1ccccc1. The van der Waals surface area contributed by atoms with Gasteiger partial charge in [-0.3, -0.25) is 4.79 Å². The second kappa shape index (κ2) is 9.11. The Morgan fingerprint density at radius 3 is 2.20 bits per heavy atom. The molecule has 2 aromatic rings. The monoisotopic (exact) mass is 338 g/mol. The summed E-state index contributed by atoms with van der Waals surface area (Å²) in [6, 6.07) is 20.4. The van der Waals surface area contributed by atoms with Gasteiger partial charge in [0.15, 0.2) is 6.54 Å². The number of carbonyl (C=O) groups excluding carboxylic acids is 1. The topological polar surface area (TPSA) is 50.3 Å². The van der Waals surface area contributed by atoms with E-state index in [0.717, 1.165) is 38.3 Å². The third kappa shape index (κ3) is 5.81. The number of piperazine rings is 1. The van der Waals surface area contributed by atoms with Gasteiger partial charge in [0, 0.05) is 5.56 Å². The molecule has 130 valence electrons. The molecule has 0 saturated carbocycles. The van der Waals surface area contributed by atoms with E-state index < -0.39 is 0 Å². The van der Waals surface area contributed by atoms with Gasteiger partial charge in [-0.25, -0.2) is 5.43 Å². The first-order valence-corrected chi connectivity index (χ1v) is 8.87. The summed E-state index contributed by atoms with van der Waals surface area (Å²) in [5.74, 6) is -0.0197. The highest BCUT2D eigenvalue weighted by Gasteiger charge is 2.24. The minimum Gasteiger partial charge on any atom is -0.322 e. The Hall–Kier alpha value is -2.50. The van der Waals surface area contributed by atoms with Crippen LogP contribution >= 0.6 is 0 Å². The highest BCUT2D eigenvalue weighted by molar-refractivity contribution is 5.82. The summed E-state index contributed by atoms with van der Waals surface area (Å²) in [5.41, 5.74) is 5.00. The predicted octanol–water partition coefficient (Wildman–Crippen LogP) is -0.880. The summed E-state index contributed by atoms with van der Waals surface area (Å²) in [6.07, 6.45) is 1.68. The van der Waals surface area contributed by atoms with Crippen molar-refractivity contribution >= 4 is 12.1 Å². The van der Waals surface area contributed by atoms with Crippen LogP contribution in [-0.2, 0) is 11.3 Å². The highest BCUT2D eigenvalue weighted by atomic mass is 16.2. The Morgan fingerprint density at radius 2 is 1.52 bits per heavy atom.